The van der Waals surface area contributed by atoms with Crippen molar-refractivity contribution in [1.82, 2.24) is 0 Å². The van der Waals surface area contributed by atoms with E-state index in [0.29, 0.717) is 6.07 Å². The van der Waals surface area contributed by atoms with Crippen LogP contribution in [0.15, 0.2) is 12.1 Å². The summed E-state index contributed by atoms with van der Waals surface area (Å²) in [5, 5.41) is 37.3. The van der Waals surface area contributed by atoms with Crippen LogP contribution in [0.1, 0.15) is 11.7 Å². The molecule has 0 amide bonds. The third kappa shape index (κ3) is 2.56. The van der Waals surface area contributed by atoms with Gasteiger partial charge in [0.1, 0.15) is 5.75 Å². The van der Waals surface area contributed by atoms with Crippen molar-refractivity contribution in [3.63, 3.8) is 0 Å². The van der Waals surface area contributed by atoms with Gasteiger partial charge in [0.2, 0.25) is 0 Å². The minimum absolute atomic E-state index is 0.267. The van der Waals surface area contributed by atoms with Crippen LogP contribution in [0.3, 0.4) is 0 Å². The number of nitro benzene ring substituents is 1. The molecule has 0 aliphatic rings. The zero-order valence-electron chi connectivity index (χ0n) is 7.97. The van der Waals surface area contributed by atoms with E-state index < -0.39 is 40.0 Å². The topological polar surface area (TPSA) is 104 Å². The Morgan fingerprint density at radius 1 is 1.24 bits per heavy atom. The second-order valence-electron chi connectivity index (χ2n) is 3.10. The first kappa shape index (κ1) is 13.0. The fraction of sp³-hybridized carbons (Fsp3) is 0.250. The van der Waals surface area contributed by atoms with Gasteiger partial charge in [-0.1, -0.05) is 0 Å². The molecule has 6 nitrogen and oxygen atoms in total. The minimum atomic E-state index is -5.08. The average Bonchev–Trinajstić information content (AvgIpc) is 2.14. The fourth-order valence-electron chi connectivity index (χ4n) is 1.12. The van der Waals surface area contributed by atoms with Crippen LogP contribution in [0.25, 0.3) is 0 Å². The van der Waals surface area contributed by atoms with Crippen molar-refractivity contribution in [2.45, 2.75) is 12.3 Å². The molecule has 1 rings (SSSR count). The van der Waals surface area contributed by atoms with Gasteiger partial charge in [0.05, 0.1) is 4.92 Å². The number of rotatable bonds is 2. The summed E-state index contributed by atoms with van der Waals surface area (Å²) in [6.45, 7) is 0. The minimum Gasteiger partial charge on any atom is -0.507 e. The molecular formula is C8H6F3NO5. The molecule has 0 aliphatic heterocycles. The highest BCUT2D eigenvalue weighted by Crippen LogP contribution is 2.41. The summed E-state index contributed by atoms with van der Waals surface area (Å²) in [4.78, 5) is 9.22. The number of phenols is 2. The Morgan fingerprint density at radius 2 is 1.76 bits per heavy atom. The van der Waals surface area contributed by atoms with Crippen LogP contribution in [0.5, 0.6) is 11.5 Å². The van der Waals surface area contributed by atoms with Crippen molar-refractivity contribution >= 4 is 5.69 Å². The Hall–Kier alpha value is -2.03. The highest BCUT2D eigenvalue weighted by Gasteiger charge is 2.41. The van der Waals surface area contributed by atoms with Gasteiger partial charge in [-0.05, 0) is 0 Å². The standard InChI is InChI=1S/C8H6F3NO5/c9-8(10,11)7(15)3-1-4(12(16)17)6(14)2-5(3)13/h1-2,7,13-15H. The highest BCUT2D eigenvalue weighted by atomic mass is 19.4. The third-order valence-corrected chi connectivity index (χ3v) is 1.93. The second-order valence-corrected chi connectivity index (χ2v) is 3.10. The summed E-state index contributed by atoms with van der Waals surface area (Å²) in [5.41, 5.74) is -2.14. The predicted molar refractivity (Wildman–Crippen MR) is 47.4 cm³/mol. The Bertz CT molecular complexity index is 459. The van der Waals surface area contributed by atoms with Crippen molar-refractivity contribution < 1.29 is 33.4 Å². The van der Waals surface area contributed by atoms with E-state index in [1.807, 2.05) is 0 Å². The summed E-state index contributed by atoms with van der Waals surface area (Å²) >= 11 is 0. The Labute approximate surface area is 91.7 Å². The number of aliphatic hydroxyl groups excluding tert-OH is 1. The molecule has 17 heavy (non-hydrogen) atoms. The van der Waals surface area contributed by atoms with Crippen LogP contribution in [0.4, 0.5) is 18.9 Å². The number of aromatic hydroxyl groups is 2. The number of alkyl halides is 3. The van der Waals surface area contributed by atoms with Gasteiger partial charge in [-0.15, -0.1) is 0 Å². The molecule has 0 aliphatic carbocycles. The molecule has 1 atom stereocenters. The Morgan fingerprint density at radius 3 is 2.18 bits per heavy atom. The van der Waals surface area contributed by atoms with Gasteiger partial charge in [-0.2, -0.15) is 13.2 Å². The second kappa shape index (κ2) is 4.09. The molecule has 0 fully saturated rings. The molecule has 0 radical (unpaired) electrons. The maximum absolute atomic E-state index is 12.2. The van der Waals surface area contributed by atoms with Crippen LogP contribution in [0, 0.1) is 10.1 Å². The number of hydrogen-bond acceptors (Lipinski definition) is 5. The zero-order valence-corrected chi connectivity index (χ0v) is 7.97. The molecule has 0 saturated heterocycles. The molecule has 0 bridgehead atoms. The van der Waals surface area contributed by atoms with E-state index in [-0.39, 0.29) is 6.07 Å². The van der Waals surface area contributed by atoms with E-state index in [0.717, 1.165) is 0 Å². The highest BCUT2D eigenvalue weighted by molar-refractivity contribution is 5.54. The summed E-state index contributed by atoms with van der Waals surface area (Å²) in [6.07, 6.45) is -8.15. The van der Waals surface area contributed by atoms with Gasteiger partial charge >= 0.3 is 11.9 Å². The Kier molecular flexibility index (Phi) is 3.14. The summed E-state index contributed by atoms with van der Waals surface area (Å²) in [6, 6.07) is 0.630. The first-order valence-corrected chi connectivity index (χ1v) is 4.09. The molecule has 0 spiro atoms. The van der Waals surface area contributed by atoms with Gasteiger partial charge < -0.3 is 15.3 Å². The van der Waals surface area contributed by atoms with Gasteiger partial charge in [0.15, 0.2) is 11.9 Å². The first-order chi connectivity index (χ1) is 7.64. The lowest BCUT2D eigenvalue weighted by Crippen LogP contribution is -2.20. The summed E-state index contributed by atoms with van der Waals surface area (Å²) < 4.78 is 36.5. The van der Waals surface area contributed by atoms with Crippen molar-refractivity contribution in [2.24, 2.45) is 0 Å². The molecule has 0 saturated carbocycles. The van der Waals surface area contributed by atoms with Gasteiger partial charge in [-0.25, -0.2) is 0 Å². The summed E-state index contributed by atoms with van der Waals surface area (Å²) in [7, 11) is 0. The molecule has 0 heterocycles. The lowest BCUT2D eigenvalue weighted by Gasteiger charge is -2.15. The smallest absolute Gasteiger partial charge is 0.418 e. The van der Waals surface area contributed by atoms with E-state index in [1.165, 1.54) is 0 Å². The quantitative estimate of drug-likeness (QED) is 0.548. The van der Waals surface area contributed by atoms with Crippen LogP contribution in [-0.4, -0.2) is 26.4 Å². The SMILES string of the molecule is O=[N+]([O-])c1cc(C(O)C(F)(F)F)c(O)cc1O. The van der Waals surface area contributed by atoms with Crippen LogP contribution in [0.2, 0.25) is 0 Å². The van der Waals surface area contributed by atoms with Crippen LogP contribution in [-0.2, 0) is 0 Å². The molecule has 0 aromatic heterocycles. The van der Waals surface area contributed by atoms with Crippen molar-refractivity contribution in [2.75, 3.05) is 0 Å². The largest absolute Gasteiger partial charge is 0.507 e. The molecule has 1 unspecified atom stereocenters. The lowest BCUT2D eigenvalue weighted by atomic mass is 10.1. The molecule has 1 aromatic carbocycles. The molecule has 3 N–H and O–H groups in total. The monoisotopic (exact) mass is 253 g/mol. The maximum atomic E-state index is 12.2. The van der Waals surface area contributed by atoms with E-state index in [9.17, 15) is 23.3 Å². The van der Waals surface area contributed by atoms with E-state index >= 15 is 0 Å². The lowest BCUT2D eigenvalue weighted by molar-refractivity contribution is -0.386. The van der Waals surface area contributed by atoms with E-state index in [1.54, 1.807) is 0 Å². The number of phenolic OH excluding ortho intramolecular Hbond substituents is 2. The average molecular weight is 253 g/mol. The van der Waals surface area contributed by atoms with E-state index in [4.69, 9.17) is 15.3 Å². The molecular weight excluding hydrogens is 247 g/mol. The van der Waals surface area contributed by atoms with Gasteiger partial charge in [-0.3, -0.25) is 10.1 Å². The molecule has 1 aromatic rings. The van der Waals surface area contributed by atoms with Crippen LogP contribution >= 0.6 is 0 Å². The predicted octanol–water partition coefficient (Wildman–Crippen LogP) is 1.60. The zero-order chi connectivity index (χ0) is 13.4. The maximum Gasteiger partial charge on any atom is 0.418 e. The van der Waals surface area contributed by atoms with Crippen molar-refractivity contribution in [1.29, 1.82) is 0 Å². The van der Waals surface area contributed by atoms with Crippen molar-refractivity contribution in [3.05, 3.63) is 27.8 Å². The third-order valence-electron chi connectivity index (χ3n) is 1.93. The van der Waals surface area contributed by atoms with Crippen molar-refractivity contribution in [3.8, 4) is 11.5 Å². The number of benzene rings is 1. The normalized spacial score (nSPS) is 13.4. The number of nitrogens with zero attached hydrogens (tertiary/aromatic N) is 1. The number of aliphatic hydroxyl groups is 1. The first-order valence-electron chi connectivity index (χ1n) is 4.09. The number of halogens is 3. The van der Waals surface area contributed by atoms with Gasteiger partial charge in [0, 0.05) is 17.7 Å². The van der Waals surface area contributed by atoms with Gasteiger partial charge in [0.25, 0.3) is 0 Å². The fourth-order valence-corrected chi connectivity index (χ4v) is 1.12. The molecule has 9 heteroatoms. The number of nitro groups is 1. The molecule has 94 valence electrons. The summed E-state index contributed by atoms with van der Waals surface area (Å²) in [5.74, 6) is -2.08. The Balaban J connectivity index is 3.35. The van der Waals surface area contributed by atoms with Crippen LogP contribution < -0.4 is 0 Å². The number of hydrogen-bond donors (Lipinski definition) is 3. The van der Waals surface area contributed by atoms with E-state index in [2.05, 4.69) is 0 Å².